The van der Waals surface area contributed by atoms with Crippen LogP contribution in [0, 0.1) is 0 Å². The maximum Gasteiger partial charge on any atom is 0.280 e. The van der Waals surface area contributed by atoms with E-state index in [1.165, 1.54) is 12.0 Å². The standard InChI is InChI=1S/C25H22N8O5/c1-37-20-11-16(4-6-26-20)33-7-5-19(31-33)32-8-9-38-22(25(32)36)21(34)23-29-18-3-2-14(15-12-27-28-13-15)10-17(18)24(35)30-23/h2-7,10-13,21-22,34H,8-9H2,1H3,(H,27,28)(H,29,30,35)/t21?,22-/m1/s1. The van der Waals surface area contributed by atoms with Gasteiger partial charge in [-0.15, -0.1) is 5.10 Å². The summed E-state index contributed by atoms with van der Waals surface area (Å²) in [5.41, 5.74) is 2.25. The van der Waals surface area contributed by atoms with Gasteiger partial charge in [0.2, 0.25) is 5.88 Å². The Bertz CT molecular complexity index is 1680. The number of amides is 1. The predicted octanol–water partition coefficient (Wildman–Crippen LogP) is 1.37. The molecule has 6 rings (SSSR count). The van der Waals surface area contributed by atoms with Gasteiger partial charge >= 0.3 is 0 Å². The fraction of sp³-hybridized carbons (Fsp3) is 0.200. The molecule has 1 unspecified atom stereocenters. The number of H-pyrrole nitrogens is 2. The maximum atomic E-state index is 13.3. The number of nitrogens with one attached hydrogen (secondary N) is 2. The van der Waals surface area contributed by atoms with Gasteiger partial charge in [0.25, 0.3) is 11.5 Å². The molecule has 5 heterocycles. The minimum Gasteiger partial charge on any atom is -0.481 e. The molecule has 1 amide bonds. The van der Waals surface area contributed by atoms with Gasteiger partial charge in [-0.25, -0.2) is 9.67 Å². The van der Waals surface area contributed by atoms with Crippen LogP contribution in [0.4, 0.5) is 5.82 Å². The zero-order valence-electron chi connectivity index (χ0n) is 20.1. The van der Waals surface area contributed by atoms with E-state index in [1.54, 1.807) is 59.8 Å². The lowest BCUT2D eigenvalue weighted by Gasteiger charge is -2.32. The quantitative estimate of drug-likeness (QED) is 0.303. The van der Waals surface area contributed by atoms with Crippen molar-refractivity contribution in [2.45, 2.75) is 12.2 Å². The van der Waals surface area contributed by atoms with Gasteiger partial charge in [-0.1, -0.05) is 6.07 Å². The van der Waals surface area contributed by atoms with E-state index in [1.807, 2.05) is 6.07 Å². The highest BCUT2D eigenvalue weighted by Crippen LogP contribution is 2.26. The zero-order valence-corrected chi connectivity index (χ0v) is 20.1. The molecule has 0 radical (unpaired) electrons. The second-order valence-electron chi connectivity index (χ2n) is 8.58. The Kier molecular flexibility index (Phi) is 5.90. The van der Waals surface area contributed by atoms with E-state index < -0.39 is 23.7 Å². The van der Waals surface area contributed by atoms with Crippen molar-refractivity contribution in [1.82, 2.24) is 34.9 Å². The van der Waals surface area contributed by atoms with Gasteiger partial charge in [0, 0.05) is 36.3 Å². The Balaban J connectivity index is 1.25. The van der Waals surface area contributed by atoms with Crippen LogP contribution in [0.2, 0.25) is 0 Å². The molecule has 1 aliphatic heterocycles. The van der Waals surface area contributed by atoms with Crippen LogP contribution in [0.25, 0.3) is 27.7 Å². The molecule has 2 atom stereocenters. The smallest absolute Gasteiger partial charge is 0.280 e. The van der Waals surface area contributed by atoms with Gasteiger partial charge in [-0.05, 0) is 23.8 Å². The Hall–Kier alpha value is -4.88. The highest BCUT2D eigenvalue weighted by atomic mass is 16.5. The van der Waals surface area contributed by atoms with Crippen molar-refractivity contribution in [3.8, 4) is 22.7 Å². The third kappa shape index (κ3) is 4.19. The average molecular weight is 515 g/mol. The van der Waals surface area contributed by atoms with Crippen molar-refractivity contribution in [2.75, 3.05) is 25.2 Å². The molecular formula is C25H22N8O5. The second-order valence-corrected chi connectivity index (χ2v) is 8.58. The number of aromatic nitrogens is 7. The number of pyridine rings is 1. The number of ether oxygens (including phenoxy) is 2. The van der Waals surface area contributed by atoms with Crippen LogP contribution >= 0.6 is 0 Å². The van der Waals surface area contributed by atoms with Gasteiger partial charge in [0.15, 0.2) is 11.9 Å². The van der Waals surface area contributed by atoms with E-state index in [2.05, 4.69) is 30.2 Å². The summed E-state index contributed by atoms with van der Waals surface area (Å²) in [6.07, 6.45) is 3.89. The molecule has 0 aliphatic carbocycles. The van der Waals surface area contributed by atoms with Crippen LogP contribution in [0.1, 0.15) is 11.9 Å². The summed E-state index contributed by atoms with van der Waals surface area (Å²) >= 11 is 0. The lowest BCUT2D eigenvalue weighted by Crippen LogP contribution is -2.50. The molecule has 1 saturated heterocycles. The largest absolute Gasteiger partial charge is 0.481 e. The molecule has 1 aromatic carbocycles. The third-order valence-electron chi connectivity index (χ3n) is 6.30. The number of aliphatic hydroxyl groups is 1. The fourth-order valence-corrected chi connectivity index (χ4v) is 4.35. The highest BCUT2D eigenvalue weighted by Gasteiger charge is 2.38. The van der Waals surface area contributed by atoms with Crippen LogP contribution in [-0.2, 0) is 9.53 Å². The lowest BCUT2D eigenvalue weighted by molar-refractivity contribution is -0.143. The summed E-state index contributed by atoms with van der Waals surface area (Å²) in [5, 5.41) is 22.6. The van der Waals surface area contributed by atoms with Crippen molar-refractivity contribution in [3.05, 3.63) is 77.4 Å². The summed E-state index contributed by atoms with van der Waals surface area (Å²) in [7, 11) is 1.52. The van der Waals surface area contributed by atoms with Gasteiger partial charge in [0.1, 0.15) is 11.9 Å². The summed E-state index contributed by atoms with van der Waals surface area (Å²) in [6.45, 7) is 0.409. The molecule has 13 nitrogen and oxygen atoms in total. The van der Waals surface area contributed by atoms with Crippen molar-refractivity contribution in [2.24, 2.45) is 0 Å². The first-order chi connectivity index (χ1) is 18.5. The van der Waals surface area contributed by atoms with Gasteiger partial charge < -0.3 is 19.6 Å². The Morgan fingerprint density at radius 2 is 2.08 bits per heavy atom. The van der Waals surface area contributed by atoms with Crippen LogP contribution < -0.4 is 15.2 Å². The zero-order chi connectivity index (χ0) is 26.2. The number of fused-ring (bicyclic) bond motifs is 1. The number of carbonyl (C=O) groups is 1. The first-order valence-electron chi connectivity index (χ1n) is 11.7. The number of hydrogen-bond acceptors (Lipinski definition) is 9. The van der Waals surface area contributed by atoms with Crippen LogP contribution in [0.15, 0.2) is 66.0 Å². The minimum atomic E-state index is -1.50. The van der Waals surface area contributed by atoms with Gasteiger partial charge in [0.05, 0.1) is 43.0 Å². The van der Waals surface area contributed by atoms with Gasteiger partial charge in [-0.3, -0.25) is 19.6 Å². The number of hydrogen-bond donors (Lipinski definition) is 3. The molecule has 192 valence electrons. The minimum absolute atomic E-state index is 0.0619. The lowest BCUT2D eigenvalue weighted by atomic mass is 10.1. The molecule has 4 aromatic heterocycles. The SMILES string of the molecule is COc1cc(-n2ccc(N3CCO[C@H](C(O)c4nc(=O)c5cc(-c6cn[nH]c6)ccc5[nH]4)C3=O)n2)ccn1. The number of morpholine rings is 1. The van der Waals surface area contributed by atoms with E-state index in [-0.39, 0.29) is 19.0 Å². The molecule has 1 fully saturated rings. The molecule has 5 aromatic rings. The van der Waals surface area contributed by atoms with Crippen LogP contribution in [-0.4, -0.2) is 72.3 Å². The number of aliphatic hydroxyl groups excluding tert-OH is 1. The second kappa shape index (κ2) is 9.53. The van der Waals surface area contributed by atoms with E-state index >= 15 is 0 Å². The van der Waals surface area contributed by atoms with Crippen LogP contribution in [0.5, 0.6) is 5.88 Å². The van der Waals surface area contributed by atoms with Gasteiger partial charge in [-0.2, -0.15) is 10.1 Å². The number of methoxy groups -OCH3 is 1. The van der Waals surface area contributed by atoms with Crippen LogP contribution in [0.3, 0.4) is 0 Å². The number of rotatable bonds is 6. The van der Waals surface area contributed by atoms with Crippen molar-refractivity contribution in [3.63, 3.8) is 0 Å². The van der Waals surface area contributed by atoms with Crippen molar-refractivity contribution >= 4 is 22.6 Å². The Morgan fingerprint density at radius 1 is 1.18 bits per heavy atom. The molecule has 0 bridgehead atoms. The predicted molar refractivity (Wildman–Crippen MR) is 135 cm³/mol. The average Bonchev–Trinajstić information content (AvgIpc) is 3.66. The summed E-state index contributed by atoms with van der Waals surface area (Å²) < 4.78 is 12.4. The highest BCUT2D eigenvalue weighted by molar-refractivity contribution is 5.97. The van der Waals surface area contributed by atoms with Crippen molar-refractivity contribution < 1.29 is 19.4 Å². The number of carbonyl (C=O) groups excluding carboxylic acids is 1. The molecule has 13 heteroatoms. The monoisotopic (exact) mass is 514 g/mol. The Labute approximate surface area is 214 Å². The van der Waals surface area contributed by atoms with Crippen molar-refractivity contribution in [1.29, 1.82) is 0 Å². The number of aromatic amines is 2. The molecule has 0 spiro atoms. The molecular weight excluding hydrogens is 492 g/mol. The number of anilines is 1. The third-order valence-corrected chi connectivity index (χ3v) is 6.30. The first kappa shape index (κ1) is 23.5. The molecule has 1 aliphatic rings. The van der Waals surface area contributed by atoms with E-state index in [9.17, 15) is 14.7 Å². The normalized spacial score (nSPS) is 16.6. The molecule has 0 saturated carbocycles. The maximum absolute atomic E-state index is 13.3. The topological polar surface area (TPSA) is 164 Å². The number of nitrogens with zero attached hydrogens (tertiary/aromatic N) is 6. The van der Waals surface area contributed by atoms with E-state index in [0.29, 0.717) is 28.3 Å². The summed E-state index contributed by atoms with van der Waals surface area (Å²) in [5.74, 6) is 0.255. The first-order valence-corrected chi connectivity index (χ1v) is 11.7. The molecule has 38 heavy (non-hydrogen) atoms. The fourth-order valence-electron chi connectivity index (χ4n) is 4.35. The summed E-state index contributed by atoms with van der Waals surface area (Å²) in [6, 6.07) is 10.4. The Morgan fingerprint density at radius 3 is 2.89 bits per heavy atom. The molecule has 3 N–H and O–H groups in total. The van der Waals surface area contributed by atoms with E-state index in [4.69, 9.17) is 9.47 Å². The summed E-state index contributed by atoms with van der Waals surface area (Å²) in [4.78, 5) is 38.7. The van der Waals surface area contributed by atoms with E-state index in [0.717, 1.165) is 11.1 Å². The number of benzene rings is 1.